The van der Waals surface area contributed by atoms with Crippen LogP contribution in [0.15, 0.2) is 69.7 Å². The number of carbonyl (C=O) groups excluding carboxylic acids is 1. The smallest absolute Gasteiger partial charge is 0.335 e. The van der Waals surface area contributed by atoms with Crippen LogP contribution in [0.5, 0.6) is 0 Å². The van der Waals surface area contributed by atoms with Crippen molar-refractivity contribution >= 4 is 41.0 Å². The number of carbonyl (C=O) groups is 2. The van der Waals surface area contributed by atoms with Crippen molar-refractivity contribution in [2.45, 2.75) is 13.8 Å². The van der Waals surface area contributed by atoms with Gasteiger partial charge in [0.15, 0.2) is 0 Å². The second kappa shape index (κ2) is 7.65. The zero-order valence-electron chi connectivity index (χ0n) is 16.2. The van der Waals surface area contributed by atoms with Crippen LogP contribution in [0.25, 0.3) is 17.4 Å². The Morgan fingerprint density at radius 1 is 1.13 bits per heavy atom. The molecule has 30 heavy (non-hydrogen) atoms. The van der Waals surface area contributed by atoms with Gasteiger partial charge >= 0.3 is 5.97 Å². The number of hydrogen-bond donors (Lipinski definition) is 1. The van der Waals surface area contributed by atoms with Crippen molar-refractivity contribution in [1.29, 1.82) is 0 Å². The number of anilines is 1. The largest absolute Gasteiger partial charge is 0.478 e. The number of aryl methyl sites for hydroxylation is 1. The summed E-state index contributed by atoms with van der Waals surface area (Å²) in [5.74, 6) is -0.316. The SMILES string of the molecule is CC1=NN(c2ccc(C)c(Cl)c2)C(=O)/C1=C\c1ccc(-c2cccc(C(=O)O)c2)o1. The highest BCUT2D eigenvalue weighted by Crippen LogP contribution is 2.30. The van der Waals surface area contributed by atoms with Crippen LogP contribution in [-0.4, -0.2) is 22.7 Å². The summed E-state index contributed by atoms with van der Waals surface area (Å²) in [6, 6.07) is 15.3. The molecule has 2 aromatic carbocycles. The van der Waals surface area contributed by atoms with E-state index in [4.69, 9.17) is 21.1 Å². The summed E-state index contributed by atoms with van der Waals surface area (Å²) >= 11 is 6.18. The standard InChI is InChI=1S/C23H17ClN2O4/c1-13-6-7-17(11-20(13)24)26-22(27)19(14(2)25-26)12-18-8-9-21(30-18)15-4-3-5-16(10-15)23(28)29/h3-12H,1-2H3,(H,28,29)/b19-12-. The molecule has 0 bridgehead atoms. The minimum atomic E-state index is -1.01. The Labute approximate surface area is 177 Å². The lowest BCUT2D eigenvalue weighted by atomic mass is 10.1. The fraction of sp³-hybridized carbons (Fsp3) is 0.0870. The van der Waals surface area contributed by atoms with E-state index in [-0.39, 0.29) is 11.5 Å². The lowest BCUT2D eigenvalue weighted by Crippen LogP contribution is -2.21. The number of carboxylic acid groups (broad SMARTS) is 1. The molecule has 1 aliphatic heterocycles. The molecule has 0 radical (unpaired) electrons. The minimum Gasteiger partial charge on any atom is -0.478 e. The van der Waals surface area contributed by atoms with Gasteiger partial charge in [0.2, 0.25) is 0 Å². The number of hydrogen-bond acceptors (Lipinski definition) is 4. The number of rotatable bonds is 4. The number of amides is 1. The third-order valence-corrected chi connectivity index (χ3v) is 5.18. The van der Waals surface area contributed by atoms with E-state index in [2.05, 4.69) is 5.10 Å². The highest BCUT2D eigenvalue weighted by atomic mass is 35.5. The molecule has 1 aromatic heterocycles. The molecule has 0 fully saturated rings. The van der Waals surface area contributed by atoms with Gasteiger partial charge in [-0.3, -0.25) is 4.79 Å². The Morgan fingerprint density at radius 2 is 1.93 bits per heavy atom. The molecule has 2 heterocycles. The summed E-state index contributed by atoms with van der Waals surface area (Å²) in [4.78, 5) is 24.1. The zero-order valence-corrected chi connectivity index (χ0v) is 17.0. The van der Waals surface area contributed by atoms with Gasteiger partial charge in [-0.1, -0.05) is 29.8 Å². The molecule has 7 heteroatoms. The van der Waals surface area contributed by atoms with E-state index in [9.17, 15) is 9.59 Å². The van der Waals surface area contributed by atoms with Crippen molar-refractivity contribution < 1.29 is 19.1 Å². The van der Waals surface area contributed by atoms with Gasteiger partial charge in [0.25, 0.3) is 5.91 Å². The molecule has 4 rings (SSSR count). The molecule has 0 saturated carbocycles. The summed E-state index contributed by atoms with van der Waals surface area (Å²) in [6.45, 7) is 3.64. The van der Waals surface area contributed by atoms with E-state index in [1.54, 1.807) is 49.4 Å². The lowest BCUT2D eigenvalue weighted by Gasteiger charge is -2.12. The van der Waals surface area contributed by atoms with E-state index in [0.717, 1.165) is 5.56 Å². The van der Waals surface area contributed by atoms with Crippen LogP contribution in [0, 0.1) is 6.92 Å². The van der Waals surface area contributed by atoms with Crippen molar-refractivity contribution in [2.75, 3.05) is 5.01 Å². The van der Waals surface area contributed by atoms with Crippen molar-refractivity contribution in [3.63, 3.8) is 0 Å². The number of aromatic carboxylic acids is 1. The van der Waals surface area contributed by atoms with Crippen LogP contribution in [0.3, 0.4) is 0 Å². The molecule has 0 aliphatic carbocycles. The molecule has 0 unspecified atom stereocenters. The van der Waals surface area contributed by atoms with Crippen molar-refractivity contribution in [3.05, 3.63) is 82.1 Å². The lowest BCUT2D eigenvalue weighted by molar-refractivity contribution is -0.114. The van der Waals surface area contributed by atoms with Gasteiger partial charge in [0.1, 0.15) is 11.5 Å². The Kier molecular flexibility index (Phi) is 5.01. The van der Waals surface area contributed by atoms with Crippen LogP contribution in [-0.2, 0) is 4.79 Å². The molecule has 0 spiro atoms. The Morgan fingerprint density at radius 3 is 2.67 bits per heavy atom. The first-order valence-corrected chi connectivity index (χ1v) is 9.53. The van der Waals surface area contributed by atoms with Gasteiger partial charge in [-0.2, -0.15) is 10.1 Å². The van der Waals surface area contributed by atoms with Crippen molar-refractivity contribution in [1.82, 2.24) is 0 Å². The van der Waals surface area contributed by atoms with Gasteiger partial charge in [-0.25, -0.2) is 4.79 Å². The van der Waals surface area contributed by atoms with Crippen LogP contribution < -0.4 is 5.01 Å². The van der Waals surface area contributed by atoms with Crippen molar-refractivity contribution in [3.8, 4) is 11.3 Å². The first kappa shape index (κ1) is 19.7. The number of benzene rings is 2. The van der Waals surface area contributed by atoms with Gasteiger partial charge in [0, 0.05) is 10.6 Å². The Bertz CT molecular complexity index is 1240. The number of furan rings is 1. The predicted molar refractivity (Wildman–Crippen MR) is 116 cm³/mol. The third kappa shape index (κ3) is 3.65. The normalized spacial score (nSPS) is 15.0. The number of carboxylic acids is 1. The van der Waals surface area contributed by atoms with Crippen LogP contribution in [0.2, 0.25) is 5.02 Å². The molecular formula is C23H17ClN2O4. The van der Waals surface area contributed by atoms with E-state index >= 15 is 0 Å². The fourth-order valence-corrected chi connectivity index (χ4v) is 3.28. The highest BCUT2D eigenvalue weighted by molar-refractivity contribution is 6.33. The van der Waals surface area contributed by atoms with Gasteiger partial charge in [-0.15, -0.1) is 0 Å². The molecule has 6 nitrogen and oxygen atoms in total. The summed E-state index contributed by atoms with van der Waals surface area (Å²) in [5.41, 5.74) is 3.28. The average molecular weight is 421 g/mol. The maximum atomic E-state index is 12.9. The van der Waals surface area contributed by atoms with Gasteiger partial charge < -0.3 is 9.52 Å². The molecule has 150 valence electrons. The minimum absolute atomic E-state index is 0.171. The van der Waals surface area contributed by atoms with Gasteiger partial charge in [0.05, 0.1) is 22.5 Å². The Balaban J connectivity index is 1.62. The van der Waals surface area contributed by atoms with E-state index in [0.29, 0.717) is 39.1 Å². The summed E-state index contributed by atoms with van der Waals surface area (Å²) in [7, 11) is 0. The zero-order chi connectivity index (χ0) is 21.4. The predicted octanol–water partition coefficient (Wildman–Crippen LogP) is 5.41. The van der Waals surface area contributed by atoms with E-state index < -0.39 is 5.97 Å². The molecule has 1 amide bonds. The molecule has 1 N–H and O–H groups in total. The third-order valence-electron chi connectivity index (χ3n) is 4.77. The Hall–Kier alpha value is -3.64. The molecule has 0 saturated heterocycles. The van der Waals surface area contributed by atoms with E-state index in [1.807, 2.05) is 13.0 Å². The number of nitrogens with zero attached hydrogens (tertiary/aromatic N) is 2. The summed E-state index contributed by atoms with van der Waals surface area (Å²) < 4.78 is 5.82. The first-order valence-electron chi connectivity index (χ1n) is 9.15. The monoisotopic (exact) mass is 420 g/mol. The topological polar surface area (TPSA) is 83.1 Å². The second-order valence-electron chi connectivity index (χ2n) is 6.88. The second-order valence-corrected chi connectivity index (χ2v) is 7.29. The molecule has 1 aliphatic rings. The first-order chi connectivity index (χ1) is 14.3. The maximum absolute atomic E-state index is 12.9. The maximum Gasteiger partial charge on any atom is 0.335 e. The summed E-state index contributed by atoms with van der Waals surface area (Å²) in [5, 5.41) is 15.4. The molecule has 0 atom stereocenters. The van der Waals surface area contributed by atoms with Gasteiger partial charge in [-0.05, 0) is 61.9 Å². The van der Waals surface area contributed by atoms with Crippen LogP contribution in [0.4, 0.5) is 5.69 Å². The average Bonchev–Trinajstić information content (AvgIpc) is 3.30. The quantitative estimate of drug-likeness (QED) is 0.572. The highest BCUT2D eigenvalue weighted by Gasteiger charge is 2.29. The number of hydrazone groups is 1. The van der Waals surface area contributed by atoms with E-state index in [1.165, 1.54) is 17.1 Å². The molecular weight excluding hydrogens is 404 g/mol. The van der Waals surface area contributed by atoms with Crippen molar-refractivity contribution in [2.24, 2.45) is 5.10 Å². The molecule has 3 aromatic rings. The summed E-state index contributed by atoms with van der Waals surface area (Å²) in [6.07, 6.45) is 1.63. The fourth-order valence-electron chi connectivity index (χ4n) is 3.11. The van der Waals surface area contributed by atoms with Crippen LogP contribution in [0.1, 0.15) is 28.6 Å². The number of halogens is 1. The van der Waals surface area contributed by atoms with Crippen LogP contribution >= 0.6 is 11.6 Å².